The Bertz CT molecular complexity index is 1030. The van der Waals surface area contributed by atoms with Crippen LogP contribution in [0, 0.1) is 0 Å². The first kappa shape index (κ1) is 18.0. The topological polar surface area (TPSA) is 115 Å². The molecule has 9 nitrogen and oxygen atoms in total. The van der Waals surface area contributed by atoms with Gasteiger partial charge in [0.2, 0.25) is 6.79 Å². The van der Waals surface area contributed by atoms with E-state index in [1.807, 2.05) is 12.1 Å². The number of hydrogen-bond donors (Lipinski definition) is 2. The van der Waals surface area contributed by atoms with E-state index in [-0.39, 0.29) is 30.8 Å². The van der Waals surface area contributed by atoms with Gasteiger partial charge in [0.1, 0.15) is 5.69 Å². The first-order valence-electron chi connectivity index (χ1n) is 8.49. The Morgan fingerprint density at radius 1 is 1.29 bits per heavy atom. The Kier molecular flexibility index (Phi) is 4.94. The molecule has 28 heavy (non-hydrogen) atoms. The summed E-state index contributed by atoms with van der Waals surface area (Å²) in [6.45, 7) is 2.25. The van der Waals surface area contributed by atoms with Crippen LogP contribution >= 0.6 is 11.3 Å². The van der Waals surface area contributed by atoms with Gasteiger partial charge in [-0.15, -0.1) is 11.3 Å². The predicted octanol–water partition coefficient (Wildman–Crippen LogP) is 2.62. The van der Waals surface area contributed by atoms with Crippen molar-refractivity contribution < 1.29 is 23.8 Å². The fourth-order valence-corrected chi connectivity index (χ4v) is 3.32. The van der Waals surface area contributed by atoms with Crippen molar-refractivity contribution in [2.45, 2.75) is 13.3 Å². The van der Waals surface area contributed by atoms with Crippen molar-refractivity contribution in [2.75, 3.05) is 18.7 Å². The van der Waals surface area contributed by atoms with Crippen LogP contribution in [0.1, 0.15) is 23.1 Å². The average Bonchev–Trinajstić information content (AvgIpc) is 3.42. The zero-order valence-electron chi connectivity index (χ0n) is 14.9. The fourth-order valence-electron chi connectivity index (χ4n) is 2.61. The lowest BCUT2D eigenvalue weighted by Gasteiger charge is -1.99. The molecule has 2 N–H and O–H groups in total. The van der Waals surface area contributed by atoms with E-state index < -0.39 is 0 Å². The third kappa shape index (κ3) is 3.81. The second kappa shape index (κ2) is 7.69. The largest absolute Gasteiger partial charge is 0.466 e. The normalized spacial score (nSPS) is 12.0. The van der Waals surface area contributed by atoms with E-state index in [0.29, 0.717) is 34.6 Å². The number of aromatic amines is 1. The molecule has 3 heterocycles. The van der Waals surface area contributed by atoms with Gasteiger partial charge in [0, 0.05) is 10.9 Å². The van der Waals surface area contributed by atoms with Crippen molar-refractivity contribution in [3.8, 4) is 22.8 Å². The number of carbonyl (C=O) groups excluding carboxylic acids is 2. The Balaban J connectivity index is 1.42. The SMILES string of the molecule is CCOC(=O)Cc1csc(NC(=O)c2cc(-c3ccc4c(c3)OCO4)n[nH]2)n1. The van der Waals surface area contributed by atoms with E-state index in [2.05, 4.69) is 20.5 Å². The monoisotopic (exact) mass is 400 g/mol. The van der Waals surface area contributed by atoms with Crippen LogP contribution in [-0.4, -0.2) is 40.5 Å². The van der Waals surface area contributed by atoms with Crippen molar-refractivity contribution in [3.05, 3.63) is 41.0 Å². The smallest absolute Gasteiger partial charge is 0.311 e. The van der Waals surface area contributed by atoms with Crippen molar-refractivity contribution in [2.24, 2.45) is 0 Å². The second-order valence-corrected chi connectivity index (χ2v) is 6.67. The molecule has 1 aliphatic rings. The van der Waals surface area contributed by atoms with Crippen molar-refractivity contribution in [1.29, 1.82) is 0 Å². The molecule has 2 aromatic heterocycles. The lowest BCUT2D eigenvalue weighted by Crippen LogP contribution is -2.12. The van der Waals surface area contributed by atoms with Crippen LogP contribution in [0.3, 0.4) is 0 Å². The van der Waals surface area contributed by atoms with E-state index in [1.165, 1.54) is 11.3 Å². The summed E-state index contributed by atoms with van der Waals surface area (Å²) >= 11 is 1.23. The lowest BCUT2D eigenvalue weighted by atomic mass is 10.1. The van der Waals surface area contributed by atoms with Crippen LogP contribution in [-0.2, 0) is 16.0 Å². The van der Waals surface area contributed by atoms with E-state index in [1.54, 1.807) is 24.4 Å². The number of nitrogens with zero attached hydrogens (tertiary/aromatic N) is 2. The number of carbonyl (C=O) groups is 2. The van der Waals surface area contributed by atoms with Gasteiger partial charge >= 0.3 is 5.97 Å². The predicted molar refractivity (Wildman–Crippen MR) is 101 cm³/mol. The van der Waals surface area contributed by atoms with Crippen LogP contribution < -0.4 is 14.8 Å². The molecule has 4 rings (SSSR count). The minimum absolute atomic E-state index is 0.0680. The highest BCUT2D eigenvalue weighted by Gasteiger charge is 2.17. The van der Waals surface area contributed by atoms with Gasteiger partial charge in [0.25, 0.3) is 5.91 Å². The maximum absolute atomic E-state index is 12.4. The van der Waals surface area contributed by atoms with E-state index in [0.717, 1.165) is 5.56 Å². The number of hydrogen-bond acceptors (Lipinski definition) is 8. The number of H-pyrrole nitrogens is 1. The number of ether oxygens (including phenoxy) is 3. The van der Waals surface area contributed by atoms with Gasteiger partial charge in [0.05, 0.1) is 24.4 Å². The molecule has 0 saturated heterocycles. The third-order valence-electron chi connectivity index (χ3n) is 3.89. The van der Waals surface area contributed by atoms with Crippen molar-refractivity contribution in [3.63, 3.8) is 0 Å². The quantitative estimate of drug-likeness (QED) is 0.611. The van der Waals surface area contributed by atoms with E-state index in [9.17, 15) is 9.59 Å². The van der Waals surface area contributed by atoms with Gasteiger partial charge in [-0.1, -0.05) is 0 Å². The number of thiazole rings is 1. The number of esters is 1. The van der Waals surface area contributed by atoms with E-state index >= 15 is 0 Å². The van der Waals surface area contributed by atoms with Crippen LogP contribution in [0.4, 0.5) is 5.13 Å². The zero-order valence-corrected chi connectivity index (χ0v) is 15.7. The summed E-state index contributed by atoms with van der Waals surface area (Å²) in [5.74, 6) is 0.590. The van der Waals surface area contributed by atoms with Gasteiger partial charge in [-0.3, -0.25) is 20.0 Å². The molecule has 0 aliphatic carbocycles. The maximum atomic E-state index is 12.4. The average molecular weight is 400 g/mol. The Morgan fingerprint density at radius 3 is 3.00 bits per heavy atom. The molecule has 0 fully saturated rings. The second-order valence-electron chi connectivity index (χ2n) is 5.81. The summed E-state index contributed by atoms with van der Waals surface area (Å²) in [5.41, 5.74) is 2.23. The highest BCUT2D eigenvalue weighted by molar-refractivity contribution is 7.14. The van der Waals surface area contributed by atoms with Crippen LogP contribution in [0.2, 0.25) is 0 Å². The molecule has 0 atom stereocenters. The molecule has 0 bridgehead atoms. The number of aromatic nitrogens is 3. The minimum Gasteiger partial charge on any atom is -0.466 e. The van der Waals surface area contributed by atoms with Crippen molar-refractivity contribution >= 4 is 28.3 Å². The van der Waals surface area contributed by atoms with Gasteiger partial charge in [-0.2, -0.15) is 5.10 Å². The summed E-state index contributed by atoms with van der Waals surface area (Å²) in [7, 11) is 0. The number of rotatable bonds is 6. The fraction of sp³-hybridized carbons (Fsp3) is 0.222. The number of anilines is 1. The molecule has 1 aromatic carbocycles. The first-order valence-corrected chi connectivity index (χ1v) is 9.37. The molecule has 0 saturated carbocycles. The summed E-state index contributed by atoms with van der Waals surface area (Å²) < 4.78 is 15.5. The molecule has 0 radical (unpaired) electrons. The highest BCUT2D eigenvalue weighted by atomic mass is 32.1. The Hall–Kier alpha value is -3.40. The van der Waals surface area contributed by atoms with Gasteiger partial charge in [0.15, 0.2) is 16.6 Å². The molecule has 10 heteroatoms. The lowest BCUT2D eigenvalue weighted by molar-refractivity contribution is -0.142. The summed E-state index contributed by atoms with van der Waals surface area (Å²) in [5, 5.41) is 11.7. The third-order valence-corrected chi connectivity index (χ3v) is 4.70. The van der Waals surface area contributed by atoms with Crippen LogP contribution in [0.5, 0.6) is 11.5 Å². The van der Waals surface area contributed by atoms with Gasteiger partial charge in [-0.25, -0.2) is 4.98 Å². The molecule has 0 unspecified atom stereocenters. The molecular weight excluding hydrogens is 384 g/mol. The molecule has 1 aliphatic heterocycles. The molecule has 1 amide bonds. The highest BCUT2D eigenvalue weighted by Crippen LogP contribution is 2.35. The van der Waals surface area contributed by atoms with Crippen LogP contribution in [0.15, 0.2) is 29.6 Å². The maximum Gasteiger partial charge on any atom is 0.311 e. The van der Waals surface area contributed by atoms with Crippen molar-refractivity contribution in [1.82, 2.24) is 15.2 Å². The Morgan fingerprint density at radius 2 is 2.14 bits per heavy atom. The number of fused-ring (bicyclic) bond motifs is 1. The molecule has 144 valence electrons. The molecule has 3 aromatic rings. The number of benzene rings is 1. The molecular formula is C18H16N4O5S. The summed E-state index contributed by atoms with van der Waals surface area (Å²) in [6.07, 6.45) is 0.0680. The minimum atomic E-state index is -0.378. The number of nitrogens with one attached hydrogen (secondary N) is 2. The van der Waals surface area contributed by atoms with E-state index in [4.69, 9.17) is 14.2 Å². The molecule has 0 spiro atoms. The van der Waals surface area contributed by atoms with Gasteiger partial charge < -0.3 is 14.2 Å². The Labute approximate surface area is 163 Å². The standard InChI is InChI=1S/C18H16N4O5S/c1-2-25-16(23)6-11-8-28-18(19-11)20-17(24)13-7-12(21-22-13)10-3-4-14-15(5-10)27-9-26-14/h3-5,7-8H,2,6,9H2,1H3,(H,21,22)(H,19,20,24). The zero-order chi connectivity index (χ0) is 19.5. The summed E-state index contributed by atoms with van der Waals surface area (Å²) in [6, 6.07) is 7.09. The van der Waals surface area contributed by atoms with Gasteiger partial charge in [-0.05, 0) is 31.2 Å². The summed E-state index contributed by atoms with van der Waals surface area (Å²) in [4.78, 5) is 28.1. The first-order chi connectivity index (χ1) is 13.6. The van der Waals surface area contributed by atoms with Crippen LogP contribution in [0.25, 0.3) is 11.3 Å². The number of amides is 1.